The molecular formula is C10H12ClNO4S2. The van der Waals surface area contributed by atoms with Crippen LogP contribution < -0.4 is 5.32 Å². The minimum absolute atomic E-state index is 0.271. The molecule has 1 aromatic rings. The number of rotatable bonds is 5. The van der Waals surface area contributed by atoms with Crippen LogP contribution in [-0.4, -0.2) is 38.2 Å². The second-order valence-electron chi connectivity index (χ2n) is 3.59. The number of nitrogens with one attached hydrogen (secondary N) is 1. The van der Waals surface area contributed by atoms with Crippen molar-refractivity contribution in [2.45, 2.75) is 12.2 Å². The quantitative estimate of drug-likeness (QED) is 0.827. The first kappa shape index (κ1) is 15.1. The maximum Gasteiger partial charge on any atom is 0.234 e. The van der Waals surface area contributed by atoms with Crippen molar-refractivity contribution in [3.63, 3.8) is 0 Å². The van der Waals surface area contributed by atoms with E-state index in [0.29, 0.717) is 4.34 Å². The summed E-state index contributed by atoms with van der Waals surface area (Å²) in [6.45, 7) is 1.27. The van der Waals surface area contributed by atoms with Gasteiger partial charge in [-0.2, -0.15) is 0 Å². The van der Waals surface area contributed by atoms with Gasteiger partial charge in [0, 0.05) is 7.05 Å². The Hall–Kier alpha value is -0.920. The predicted molar refractivity (Wildman–Crippen MR) is 71.0 cm³/mol. The fourth-order valence-electron chi connectivity index (χ4n) is 1.19. The molecule has 100 valence electrons. The first-order chi connectivity index (χ1) is 8.27. The first-order valence-electron chi connectivity index (χ1n) is 4.99. The number of sulfone groups is 1. The van der Waals surface area contributed by atoms with Crippen molar-refractivity contribution in [3.8, 4) is 0 Å². The van der Waals surface area contributed by atoms with E-state index in [9.17, 15) is 18.0 Å². The van der Waals surface area contributed by atoms with Gasteiger partial charge < -0.3 is 5.32 Å². The lowest BCUT2D eigenvalue weighted by Gasteiger charge is -2.10. The summed E-state index contributed by atoms with van der Waals surface area (Å²) in [5, 5.41) is 0.951. The smallest absolute Gasteiger partial charge is 0.234 e. The van der Waals surface area contributed by atoms with Gasteiger partial charge in [-0.25, -0.2) is 8.42 Å². The van der Waals surface area contributed by atoms with Crippen molar-refractivity contribution in [2.24, 2.45) is 0 Å². The summed E-state index contributed by atoms with van der Waals surface area (Å²) in [5.74, 6) is -1.88. The molecule has 5 nitrogen and oxygen atoms in total. The minimum atomic E-state index is -3.81. The lowest BCUT2D eigenvalue weighted by Crippen LogP contribution is -2.35. The van der Waals surface area contributed by atoms with E-state index in [4.69, 9.17) is 11.6 Å². The Labute approximate surface area is 114 Å². The minimum Gasteiger partial charge on any atom is -0.358 e. The largest absolute Gasteiger partial charge is 0.358 e. The molecule has 0 radical (unpaired) electrons. The van der Waals surface area contributed by atoms with Gasteiger partial charge in [-0.1, -0.05) is 11.6 Å². The van der Waals surface area contributed by atoms with E-state index in [1.165, 1.54) is 26.1 Å². The molecule has 8 heteroatoms. The molecule has 0 saturated carbocycles. The van der Waals surface area contributed by atoms with Gasteiger partial charge >= 0.3 is 0 Å². The highest BCUT2D eigenvalue weighted by Gasteiger charge is 2.31. The summed E-state index contributed by atoms with van der Waals surface area (Å²) in [7, 11) is -2.47. The van der Waals surface area contributed by atoms with E-state index in [2.05, 4.69) is 5.32 Å². The lowest BCUT2D eigenvalue weighted by molar-refractivity contribution is -0.118. The fraction of sp³-hybridized carbons (Fsp3) is 0.400. The summed E-state index contributed by atoms with van der Waals surface area (Å²) in [4.78, 5) is 23.3. The van der Waals surface area contributed by atoms with Crippen molar-refractivity contribution >= 4 is 44.5 Å². The molecule has 0 bridgehead atoms. The number of Topliss-reactive ketones (excluding diaryl/α,β-unsaturated/α-hetero) is 1. The third kappa shape index (κ3) is 3.54. The van der Waals surface area contributed by atoms with Crippen LogP contribution in [-0.2, 0) is 14.6 Å². The lowest BCUT2D eigenvalue weighted by atomic mass is 10.2. The monoisotopic (exact) mass is 309 g/mol. The van der Waals surface area contributed by atoms with Gasteiger partial charge in [0.1, 0.15) is 11.0 Å². The fourth-order valence-corrected chi connectivity index (χ4v) is 3.55. The van der Waals surface area contributed by atoms with Gasteiger partial charge in [-0.3, -0.25) is 9.59 Å². The van der Waals surface area contributed by atoms with E-state index in [1.807, 2.05) is 0 Å². The van der Waals surface area contributed by atoms with Crippen LogP contribution in [0.15, 0.2) is 12.1 Å². The van der Waals surface area contributed by atoms with Crippen molar-refractivity contribution in [3.05, 3.63) is 21.3 Å². The predicted octanol–water partition coefficient (Wildman–Crippen LogP) is 1.13. The maximum atomic E-state index is 11.9. The summed E-state index contributed by atoms with van der Waals surface area (Å²) >= 11 is 6.70. The number of amides is 1. The van der Waals surface area contributed by atoms with E-state index >= 15 is 0 Å². The van der Waals surface area contributed by atoms with Crippen LogP contribution in [0.3, 0.4) is 0 Å². The molecule has 1 aromatic heterocycles. The highest BCUT2D eigenvalue weighted by Crippen LogP contribution is 2.24. The SMILES string of the molecule is CNC(=O)CS(=O)(=O)C(C)C(=O)c1ccc(Cl)s1. The Bertz CT molecular complexity index is 564. The highest BCUT2D eigenvalue weighted by molar-refractivity contribution is 7.93. The van der Waals surface area contributed by atoms with Crippen molar-refractivity contribution in [1.82, 2.24) is 5.32 Å². The van der Waals surface area contributed by atoms with Crippen LogP contribution in [0.4, 0.5) is 0 Å². The highest BCUT2D eigenvalue weighted by atomic mass is 35.5. The van der Waals surface area contributed by atoms with Gasteiger partial charge in [0.2, 0.25) is 5.91 Å². The average molecular weight is 310 g/mol. The molecule has 0 fully saturated rings. The van der Waals surface area contributed by atoms with Gasteiger partial charge in [0.05, 0.1) is 9.21 Å². The number of hydrogen-bond acceptors (Lipinski definition) is 5. The van der Waals surface area contributed by atoms with Crippen LogP contribution in [0.25, 0.3) is 0 Å². The van der Waals surface area contributed by atoms with Crippen LogP contribution in [0.1, 0.15) is 16.6 Å². The third-order valence-electron chi connectivity index (χ3n) is 2.34. The Balaban J connectivity index is 2.90. The van der Waals surface area contributed by atoms with Crippen LogP contribution in [0.2, 0.25) is 4.34 Å². The number of thiophene rings is 1. The van der Waals surface area contributed by atoms with Gasteiger partial charge in [0.25, 0.3) is 0 Å². The zero-order chi connectivity index (χ0) is 13.9. The van der Waals surface area contributed by atoms with Gasteiger partial charge in [0.15, 0.2) is 15.6 Å². The molecule has 0 aromatic carbocycles. The number of carbonyl (C=O) groups is 2. The summed E-state index contributed by atoms with van der Waals surface area (Å²) in [5.41, 5.74) is 0. The Morgan fingerprint density at radius 2 is 2.06 bits per heavy atom. The molecule has 18 heavy (non-hydrogen) atoms. The second kappa shape index (κ2) is 5.81. The average Bonchev–Trinajstić information content (AvgIpc) is 2.73. The molecule has 0 aliphatic heterocycles. The molecule has 1 rings (SSSR count). The molecule has 1 amide bonds. The van der Waals surface area contributed by atoms with E-state index in [0.717, 1.165) is 11.3 Å². The summed E-state index contributed by atoms with van der Waals surface area (Å²) < 4.78 is 24.0. The van der Waals surface area contributed by atoms with Gasteiger partial charge in [-0.05, 0) is 19.1 Å². The van der Waals surface area contributed by atoms with Crippen LogP contribution >= 0.6 is 22.9 Å². The molecule has 1 unspecified atom stereocenters. The molecule has 1 heterocycles. The van der Waals surface area contributed by atoms with E-state index in [-0.39, 0.29) is 4.88 Å². The van der Waals surface area contributed by atoms with Crippen molar-refractivity contribution in [2.75, 3.05) is 12.8 Å². The zero-order valence-electron chi connectivity index (χ0n) is 9.77. The summed E-state index contributed by atoms with van der Waals surface area (Å²) in [6.07, 6.45) is 0. The Kier molecular flexibility index (Phi) is 4.89. The summed E-state index contributed by atoms with van der Waals surface area (Å²) in [6, 6.07) is 3.00. The van der Waals surface area contributed by atoms with Crippen LogP contribution in [0, 0.1) is 0 Å². The molecule has 0 aliphatic rings. The molecule has 1 atom stereocenters. The number of halogens is 1. The molecule has 0 aliphatic carbocycles. The zero-order valence-corrected chi connectivity index (χ0v) is 12.2. The Morgan fingerprint density at radius 3 is 2.50 bits per heavy atom. The molecule has 0 spiro atoms. The first-order valence-corrected chi connectivity index (χ1v) is 7.90. The maximum absolute atomic E-state index is 11.9. The topological polar surface area (TPSA) is 80.3 Å². The van der Waals surface area contributed by atoms with Crippen molar-refractivity contribution < 1.29 is 18.0 Å². The van der Waals surface area contributed by atoms with Gasteiger partial charge in [-0.15, -0.1) is 11.3 Å². The molecular weight excluding hydrogens is 298 g/mol. The standard InChI is InChI=1S/C10H12ClNO4S2/c1-6(18(15,16)5-9(13)12-2)10(14)7-3-4-8(11)17-7/h3-4,6H,5H2,1-2H3,(H,12,13). The molecule has 1 N–H and O–H groups in total. The number of ketones is 1. The second-order valence-corrected chi connectivity index (χ2v) is 7.63. The Morgan fingerprint density at radius 1 is 1.44 bits per heavy atom. The molecule has 0 saturated heterocycles. The normalized spacial score (nSPS) is 13.1. The third-order valence-corrected chi connectivity index (χ3v) is 5.54. The van der Waals surface area contributed by atoms with Crippen LogP contribution in [0.5, 0.6) is 0 Å². The van der Waals surface area contributed by atoms with E-state index < -0.39 is 32.5 Å². The van der Waals surface area contributed by atoms with E-state index in [1.54, 1.807) is 0 Å². The number of carbonyl (C=O) groups excluding carboxylic acids is 2. The van der Waals surface area contributed by atoms with Crippen molar-refractivity contribution in [1.29, 1.82) is 0 Å². The number of hydrogen-bond donors (Lipinski definition) is 1.